The zero-order chi connectivity index (χ0) is 12.6. The molecule has 0 aromatic heterocycles. The third-order valence-electron chi connectivity index (χ3n) is 4.45. The molecule has 1 aliphatic heterocycles. The molecule has 1 unspecified atom stereocenters. The van der Waals surface area contributed by atoms with Crippen LogP contribution in [0.4, 0.5) is 5.69 Å². The van der Waals surface area contributed by atoms with Crippen molar-refractivity contribution in [2.75, 3.05) is 18.0 Å². The molecule has 0 radical (unpaired) electrons. The van der Waals surface area contributed by atoms with Crippen molar-refractivity contribution in [2.45, 2.75) is 44.6 Å². The number of hydrogen-bond acceptors (Lipinski definition) is 2. The zero-order valence-corrected chi connectivity index (χ0v) is 11.2. The van der Waals surface area contributed by atoms with Gasteiger partial charge < -0.3 is 10.0 Å². The standard InChI is InChI=1S/C16H23NO/c1-13-10-14-6-2-3-7-15(14)17(11-13)12-16(18)8-4-5-9-16/h2-3,6-7,13,18H,4-5,8-12H2,1H3. The van der Waals surface area contributed by atoms with Crippen LogP contribution in [0.3, 0.4) is 0 Å². The Hall–Kier alpha value is -1.02. The molecule has 98 valence electrons. The Morgan fingerprint density at radius 1 is 1.28 bits per heavy atom. The number of rotatable bonds is 2. The molecular weight excluding hydrogens is 222 g/mol. The summed E-state index contributed by atoms with van der Waals surface area (Å²) < 4.78 is 0. The molecule has 0 bridgehead atoms. The third kappa shape index (κ3) is 2.26. The van der Waals surface area contributed by atoms with Crippen LogP contribution in [-0.2, 0) is 6.42 Å². The van der Waals surface area contributed by atoms with Gasteiger partial charge in [0.15, 0.2) is 0 Å². The summed E-state index contributed by atoms with van der Waals surface area (Å²) >= 11 is 0. The van der Waals surface area contributed by atoms with Gasteiger partial charge in [-0.2, -0.15) is 0 Å². The fraction of sp³-hybridized carbons (Fsp3) is 0.625. The number of anilines is 1. The van der Waals surface area contributed by atoms with E-state index >= 15 is 0 Å². The van der Waals surface area contributed by atoms with Gasteiger partial charge in [-0.1, -0.05) is 38.0 Å². The van der Waals surface area contributed by atoms with Gasteiger partial charge in [0.2, 0.25) is 0 Å². The molecule has 1 aromatic carbocycles. The maximum absolute atomic E-state index is 10.6. The van der Waals surface area contributed by atoms with E-state index in [0.717, 1.165) is 25.9 Å². The average molecular weight is 245 g/mol. The SMILES string of the molecule is CC1Cc2ccccc2N(CC2(O)CCCC2)C1. The number of aliphatic hydroxyl groups is 1. The molecule has 1 N–H and O–H groups in total. The lowest BCUT2D eigenvalue weighted by molar-refractivity contribution is 0.0538. The highest BCUT2D eigenvalue weighted by Gasteiger charge is 2.35. The maximum Gasteiger partial charge on any atom is 0.0821 e. The fourth-order valence-corrected chi connectivity index (χ4v) is 3.60. The van der Waals surface area contributed by atoms with Crippen molar-refractivity contribution < 1.29 is 5.11 Å². The van der Waals surface area contributed by atoms with Crippen molar-refractivity contribution >= 4 is 5.69 Å². The second-order valence-corrected chi connectivity index (χ2v) is 6.25. The van der Waals surface area contributed by atoms with Gasteiger partial charge in [-0.3, -0.25) is 0 Å². The average Bonchev–Trinajstić information content (AvgIpc) is 2.75. The van der Waals surface area contributed by atoms with E-state index in [1.807, 2.05) is 0 Å². The molecule has 0 spiro atoms. The minimum atomic E-state index is -0.440. The van der Waals surface area contributed by atoms with E-state index in [1.54, 1.807) is 0 Å². The molecule has 1 aliphatic carbocycles. The van der Waals surface area contributed by atoms with Gasteiger partial charge in [0.25, 0.3) is 0 Å². The molecule has 1 heterocycles. The number of β-amino-alcohol motifs (C(OH)–C–C–N with tert-alkyl or cyclic N) is 1. The Balaban J connectivity index is 1.84. The maximum atomic E-state index is 10.6. The second kappa shape index (κ2) is 4.58. The van der Waals surface area contributed by atoms with Crippen LogP contribution in [0.25, 0.3) is 0 Å². The Labute approximate surface area is 110 Å². The monoisotopic (exact) mass is 245 g/mol. The van der Waals surface area contributed by atoms with Crippen LogP contribution in [-0.4, -0.2) is 23.8 Å². The summed E-state index contributed by atoms with van der Waals surface area (Å²) in [5.41, 5.74) is 2.35. The van der Waals surface area contributed by atoms with Crippen molar-refractivity contribution in [1.82, 2.24) is 0 Å². The largest absolute Gasteiger partial charge is 0.388 e. The molecule has 0 amide bonds. The number of hydrogen-bond donors (Lipinski definition) is 1. The van der Waals surface area contributed by atoms with E-state index in [-0.39, 0.29) is 0 Å². The minimum absolute atomic E-state index is 0.440. The van der Waals surface area contributed by atoms with Crippen molar-refractivity contribution in [3.63, 3.8) is 0 Å². The normalized spacial score (nSPS) is 26.1. The number of benzene rings is 1. The summed E-state index contributed by atoms with van der Waals surface area (Å²) in [5.74, 6) is 0.685. The van der Waals surface area contributed by atoms with Gasteiger partial charge in [0.1, 0.15) is 0 Å². The van der Waals surface area contributed by atoms with Crippen molar-refractivity contribution in [2.24, 2.45) is 5.92 Å². The highest BCUT2D eigenvalue weighted by molar-refractivity contribution is 5.56. The highest BCUT2D eigenvalue weighted by atomic mass is 16.3. The Morgan fingerprint density at radius 2 is 2.00 bits per heavy atom. The van der Waals surface area contributed by atoms with Crippen LogP contribution in [0.15, 0.2) is 24.3 Å². The summed E-state index contributed by atoms with van der Waals surface area (Å²) in [6.07, 6.45) is 5.48. The van der Waals surface area contributed by atoms with Gasteiger partial charge in [-0.25, -0.2) is 0 Å². The summed E-state index contributed by atoms with van der Waals surface area (Å²) in [6.45, 7) is 4.20. The van der Waals surface area contributed by atoms with Crippen molar-refractivity contribution in [1.29, 1.82) is 0 Å². The fourth-order valence-electron chi connectivity index (χ4n) is 3.60. The molecule has 18 heavy (non-hydrogen) atoms. The zero-order valence-electron chi connectivity index (χ0n) is 11.2. The molecule has 1 aromatic rings. The van der Waals surface area contributed by atoms with E-state index in [4.69, 9.17) is 0 Å². The van der Waals surface area contributed by atoms with Crippen molar-refractivity contribution in [3.8, 4) is 0 Å². The molecule has 3 rings (SSSR count). The van der Waals surface area contributed by atoms with Crippen LogP contribution in [0.1, 0.15) is 38.2 Å². The van der Waals surface area contributed by atoms with Gasteiger partial charge in [-0.15, -0.1) is 0 Å². The van der Waals surface area contributed by atoms with Crippen molar-refractivity contribution in [3.05, 3.63) is 29.8 Å². The molecule has 2 nitrogen and oxygen atoms in total. The van der Waals surface area contributed by atoms with Gasteiger partial charge >= 0.3 is 0 Å². The third-order valence-corrected chi connectivity index (χ3v) is 4.45. The van der Waals surface area contributed by atoms with E-state index < -0.39 is 5.60 Å². The summed E-state index contributed by atoms with van der Waals surface area (Å²) in [4.78, 5) is 2.41. The Bertz CT molecular complexity index is 423. The highest BCUT2D eigenvalue weighted by Crippen LogP contribution is 2.35. The lowest BCUT2D eigenvalue weighted by Crippen LogP contribution is -2.45. The van der Waals surface area contributed by atoms with Crippen LogP contribution in [0, 0.1) is 5.92 Å². The Morgan fingerprint density at radius 3 is 2.78 bits per heavy atom. The number of fused-ring (bicyclic) bond motifs is 1. The van der Waals surface area contributed by atoms with E-state index in [1.165, 1.54) is 30.5 Å². The second-order valence-electron chi connectivity index (χ2n) is 6.25. The van der Waals surface area contributed by atoms with Crippen LogP contribution in [0.5, 0.6) is 0 Å². The lowest BCUT2D eigenvalue weighted by atomic mass is 9.92. The van der Waals surface area contributed by atoms with Crippen LogP contribution in [0.2, 0.25) is 0 Å². The van der Waals surface area contributed by atoms with Crippen LogP contribution >= 0.6 is 0 Å². The first-order valence-electron chi connectivity index (χ1n) is 7.22. The molecule has 1 atom stereocenters. The smallest absolute Gasteiger partial charge is 0.0821 e. The quantitative estimate of drug-likeness (QED) is 0.866. The summed E-state index contributed by atoms with van der Waals surface area (Å²) in [5, 5.41) is 10.6. The predicted octanol–water partition coefficient (Wildman–Crippen LogP) is 2.99. The molecule has 2 aliphatic rings. The van der Waals surface area contributed by atoms with E-state index in [9.17, 15) is 5.11 Å². The molecule has 2 heteroatoms. The van der Waals surface area contributed by atoms with Gasteiger partial charge in [-0.05, 0) is 36.8 Å². The Kier molecular flexibility index (Phi) is 3.06. The topological polar surface area (TPSA) is 23.5 Å². The predicted molar refractivity (Wildman–Crippen MR) is 74.9 cm³/mol. The van der Waals surface area contributed by atoms with E-state index in [0.29, 0.717) is 5.92 Å². The molecule has 0 saturated heterocycles. The first kappa shape index (κ1) is 12.0. The summed E-state index contributed by atoms with van der Waals surface area (Å²) in [6, 6.07) is 8.68. The minimum Gasteiger partial charge on any atom is -0.388 e. The first-order chi connectivity index (χ1) is 8.66. The van der Waals surface area contributed by atoms with Gasteiger partial charge in [0.05, 0.1) is 5.60 Å². The van der Waals surface area contributed by atoms with E-state index in [2.05, 4.69) is 36.1 Å². The molecule has 1 saturated carbocycles. The number of nitrogens with zero attached hydrogens (tertiary/aromatic N) is 1. The number of para-hydroxylation sites is 1. The molecular formula is C16H23NO. The summed E-state index contributed by atoms with van der Waals surface area (Å²) in [7, 11) is 0. The van der Waals surface area contributed by atoms with Crippen LogP contribution < -0.4 is 4.90 Å². The first-order valence-corrected chi connectivity index (χ1v) is 7.22. The lowest BCUT2D eigenvalue weighted by Gasteiger charge is -2.39. The van der Waals surface area contributed by atoms with Gasteiger partial charge in [0, 0.05) is 18.8 Å². The molecule has 1 fully saturated rings.